The van der Waals surface area contributed by atoms with Crippen molar-refractivity contribution in [2.24, 2.45) is 23.2 Å². The maximum atomic E-state index is 12.3. The molecule has 1 fully saturated rings. The Labute approximate surface area is 107 Å². The second-order valence-corrected chi connectivity index (χ2v) is 4.99. The van der Waals surface area contributed by atoms with Crippen LogP contribution >= 0.6 is 0 Å². The van der Waals surface area contributed by atoms with E-state index in [2.05, 4.69) is 6.08 Å². The minimum absolute atomic E-state index is 0.0504. The Morgan fingerprint density at radius 2 is 1.72 bits per heavy atom. The number of carbonyl (C=O) groups excluding carboxylic acids is 2. The van der Waals surface area contributed by atoms with Gasteiger partial charge in [-0.3, -0.25) is 9.59 Å². The zero-order valence-electron chi connectivity index (χ0n) is 11.1. The van der Waals surface area contributed by atoms with Gasteiger partial charge in [0, 0.05) is 5.92 Å². The van der Waals surface area contributed by atoms with Gasteiger partial charge in [0.25, 0.3) is 0 Å². The Kier molecular flexibility index (Phi) is 3.46. The van der Waals surface area contributed by atoms with Gasteiger partial charge in [-0.1, -0.05) is 19.1 Å². The first kappa shape index (κ1) is 13.1. The highest BCUT2D eigenvalue weighted by molar-refractivity contribution is 6.02. The molecular weight excluding hydrogens is 232 g/mol. The maximum absolute atomic E-state index is 12.3. The summed E-state index contributed by atoms with van der Waals surface area (Å²) in [5, 5.41) is 0. The lowest BCUT2D eigenvalue weighted by molar-refractivity contribution is -0.178. The molecule has 2 bridgehead atoms. The standard InChI is InChI=1S/C14H20O4/c1-4-17-12(15)14(13(16)18-5-2)9(3)10-6-7-11(14)8-10/h6-7,9-11H,4-5,8H2,1-3H3. The van der Waals surface area contributed by atoms with E-state index in [0.717, 1.165) is 6.42 Å². The van der Waals surface area contributed by atoms with E-state index < -0.39 is 17.4 Å². The van der Waals surface area contributed by atoms with Crippen LogP contribution in [0.5, 0.6) is 0 Å². The largest absolute Gasteiger partial charge is 0.465 e. The van der Waals surface area contributed by atoms with Crippen LogP contribution in [0.25, 0.3) is 0 Å². The molecule has 0 N–H and O–H groups in total. The van der Waals surface area contributed by atoms with E-state index in [9.17, 15) is 9.59 Å². The van der Waals surface area contributed by atoms with Crippen LogP contribution in [0.4, 0.5) is 0 Å². The molecule has 0 heterocycles. The zero-order chi connectivity index (χ0) is 13.3. The molecule has 3 unspecified atom stereocenters. The van der Waals surface area contributed by atoms with Gasteiger partial charge in [0.05, 0.1) is 13.2 Å². The molecule has 0 aromatic heterocycles. The fraction of sp³-hybridized carbons (Fsp3) is 0.714. The lowest BCUT2D eigenvalue weighted by Crippen LogP contribution is -2.49. The minimum atomic E-state index is -1.12. The fourth-order valence-corrected chi connectivity index (χ4v) is 3.37. The van der Waals surface area contributed by atoms with E-state index in [1.807, 2.05) is 13.0 Å². The predicted molar refractivity (Wildman–Crippen MR) is 65.6 cm³/mol. The van der Waals surface area contributed by atoms with Crippen LogP contribution in [0.1, 0.15) is 27.2 Å². The van der Waals surface area contributed by atoms with E-state index in [1.54, 1.807) is 13.8 Å². The van der Waals surface area contributed by atoms with Crippen LogP contribution < -0.4 is 0 Å². The van der Waals surface area contributed by atoms with Crippen molar-refractivity contribution < 1.29 is 19.1 Å². The summed E-state index contributed by atoms with van der Waals surface area (Å²) in [6.07, 6.45) is 4.92. The highest BCUT2D eigenvalue weighted by Gasteiger charge is 2.65. The molecule has 2 rings (SSSR count). The normalized spacial score (nSPS) is 31.4. The van der Waals surface area contributed by atoms with E-state index in [-0.39, 0.29) is 31.0 Å². The smallest absolute Gasteiger partial charge is 0.324 e. The van der Waals surface area contributed by atoms with Crippen LogP contribution in [-0.2, 0) is 19.1 Å². The summed E-state index contributed by atoms with van der Waals surface area (Å²) in [6.45, 7) is 6.03. The number of hydrogen-bond acceptors (Lipinski definition) is 4. The summed E-state index contributed by atoms with van der Waals surface area (Å²) in [4.78, 5) is 24.7. The first-order chi connectivity index (χ1) is 8.58. The third-order valence-corrected chi connectivity index (χ3v) is 4.29. The lowest BCUT2D eigenvalue weighted by atomic mass is 9.69. The van der Waals surface area contributed by atoms with Crippen molar-refractivity contribution in [1.29, 1.82) is 0 Å². The van der Waals surface area contributed by atoms with Crippen molar-refractivity contribution in [3.8, 4) is 0 Å². The average molecular weight is 252 g/mol. The first-order valence-corrected chi connectivity index (χ1v) is 6.61. The average Bonchev–Trinajstić information content (AvgIpc) is 2.89. The van der Waals surface area contributed by atoms with Crippen LogP contribution in [0.2, 0.25) is 0 Å². The number of esters is 2. The Morgan fingerprint density at radius 1 is 1.17 bits per heavy atom. The third kappa shape index (κ3) is 1.58. The van der Waals surface area contributed by atoms with Gasteiger partial charge < -0.3 is 9.47 Å². The van der Waals surface area contributed by atoms with Crippen molar-refractivity contribution in [3.05, 3.63) is 12.2 Å². The van der Waals surface area contributed by atoms with Gasteiger partial charge in [0.15, 0.2) is 5.41 Å². The molecule has 4 nitrogen and oxygen atoms in total. The SMILES string of the molecule is CCOC(=O)C1(C(=O)OCC)C2C=CC(C2)C1C. The van der Waals surface area contributed by atoms with E-state index >= 15 is 0 Å². The second-order valence-electron chi connectivity index (χ2n) is 4.99. The van der Waals surface area contributed by atoms with Crippen LogP contribution in [0.15, 0.2) is 12.2 Å². The number of carbonyl (C=O) groups is 2. The number of fused-ring (bicyclic) bond motifs is 2. The maximum Gasteiger partial charge on any atom is 0.324 e. The lowest BCUT2D eigenvalue weighted by Gasteiger charge is -2.35. The molecule has 18 heavy (non-hydrogen) atoms. The van der Waals surface area contributed by atoms with Crippen molar-refractivity contribution in [2.45, 2.75) is 27.2 Å². The fourth-order valence-electron chi connectivity index (χ4n) is 3.37. The van der Waals surface area contributed by atoms with Gasteiger partial charge in [-0.15, -0.1) is 0 Å². The second kappa shape index (κ2) is 4.75. The highest BCUT2D eigenvalue weighted by atomic mass is 16.6. The van der Waals surface area contributed by atoms with E-state index in [1.165, 1.54) is 0 Å². The van der Waals surface area contributed by atoms with Crippen molar-refractivity contribution >= 4 is 11.9 Å². The molecule has 1 saturated carbocycles. The number of hydrogen-bond donors (Lipinski definition) is 0. The topological polar surface area (TPSA) is 52.6 Å². The molecule has 3 atom stereocenters. The summed E-state index contributed by atoms with van der Waals surface area (Å²) in [5.41, 5.74) is -1.12. The van der Waals surface area contributed by atoms with Gasteiger partial charge in [0.2, 0.25) is 0 Å². The Morgan fingerprint density at radius 3 is 2.11 bits per heavy atom. The Bertz CT molecular complexity index is 367. The first-order valence-electron chi connectivity index (χ1n) is 6.61. The molecule has 2 aliphatic carbocycles. The predicted octanol–water partition coefficient (Wildman–Crippen LogP) is 1.94. The van der Waals surface area contributed by atoms with Gasteiger partial charge in [-0.05, 0) is 32.1 Å². The molecule has 100 valence electrons. The molecule has 4 heteroatoms. The summed E-state index contributed by atoms with van der Waals surface area (Å²) < 4.78 is 10.3. The van der Waals surface area contributed by atoms with Crippen LogP contribution in [0, 0.1) is 23.2 Å². The Hall–Kier alpha value is -1.32. The zero-order valence-corrected chi connectivity index (χ0v) is 11.1. The summed E-state index contributed by atoms with van der Waals surface area (Å²) >= 11 is 0. The summed E-state index contributed by atoms with van der Waals surface area (Å²) in [7, 11) is 0. The van der Waals surface area contributed by atoms with E-state index in [0.29, 0.717) is 0 Å². The van der Waals surface area contributed by atoms with Gasteiger partial charge in [-0.2, -0.15) is 0 Å². The molecule has 0 spiro atoms. The van der Waals surface area contributed by atoms with Gasteiger partial charge >= 0.3 is 11.9 Å². The molecule has 2 aliphatic rings. The molecule has 0 aromatic carbocycles. The summed E-state index contributed by atoms with van der Waals surface area (Å²) in [6, 6.07) is 0. The molecule has 0 aromatic rings. The monoisotopic (exact) mass is 252 g/mol. The number of allylic oxidation sites excluding steroid dienone is 2. The highest BCUT2D eigenvalue weighted by Crippen LogP contribution is 2.57. The molecule has 0 aliphatic heterocycles. The van der Waals surface area contributed by atoms with Crippen molar-refractivity contribution in [1.82, 2.24) is 0 Å². The molecule has 0 amide bonds. The van der Waals surface area contributed by atoms with Gasteiger partial charge in [-0.25, -0.2) is 0 Å². The van der Waals surface area contributed by atoms with Gasteiger partial charge in [0.1, 0.15) is 0 Å². The van der Waals surface area contributed by atoms with Crippen molar-refractivity contribution in [3.63, 3.8) is 0 Å². The van der Waals surface area contributed by atoms with Crippen LogP contribution in [-0.4, -0.2) is 25.2 Å². The quantitative estimate of drug-likeness (QED) is 0.436. The number of ether oxygens (including phenoxy) is 2. The molecular formula is C14H20O4. The Balaban J connectivity index is 2.38. The number of rotatable bonds is 4. The minimum Gasteiger partial charge on any atom is -0.465 e. The van der Waals surface area contributed by atoms with Crippen LogP contribution in [0.3, 0.4) is 0 Å². The molecule has 0 saturated heterocycles. The third-order valence-electron chi connectivity index (χ3n) is 4.29. The summed E-state index contributed by atoms with van der Waals surface area (Å²) in [5.74, 6) is -0.689. The van der Waals surface area contributed by atoms with Crippen molar-refractivity contribution in [2.75, 3.05) is 13.2 Å². The van der Waals surface area contributed by atoms with E-state index in [4.69, 9.17) is 9.47 Å². The molecule has 0 radical (unpaired) electrons.